The maximum Gasteiger partial charge on any atom is 0.314 e. The molecule has 1 aliphatic heterocycles. The van der Waals surface area contributed by atoms with Crippen LogP contribution >= 0.6 is 23.2 Å². The molecule has 0 spiro atoms. The molecule has 126 valence electrons. The molecule has 2 aromatic carbocycles. The predicted octanol–water partition coefficient (Wildman–Crippen LogP) is 4.93. The van der Waals surface area contributed by atoms with Gasteiger partial charge in [0.05, 0.1) is 21.5 Å². The molecule has 6 heteroatoms. The average Bonchev–Trinajstić information content (AvgIpc) is 3.38. The van der Waals surface area contributed by atoms with Crippen LogP contribution < -0.4 is 9.47 Å². The Kier molecular flexibility index (Phi) is 4.02. The summed E-state index contributed by atoms with van der Waals surface area (Å²) in [6.07, 6.45) is 3.34. The number of esters is 1. The normalized spacial score (nSPS) is 17.4. The van der Waals surface area contributed by atoms with Crippen molar-refractivity contribution < 1.29 is 19.1 Å². The molecule has 0 bridgehead atoms. The molecule has 1 heterocycles. The summed E-state index contributed by atoms with van der Waals surface area (Å²) in [4.78, 5) is 24.2. The number of carbonyl (C=O) groups is 2. The van der Waals surface area contributed by atoms with Crippen LogP contribution in [-0.4, -0.2) is 11.8 Å². The number of ether oxygens (including phenoxy) is 2. The third-order valence-corrected chi connectivity index (χ3v) is 4.75. The molecular weight excluding hydrogens is 363 g/mol. The highest BCUT2D eigenvalue weighted by atomic mass is 35.5. The summed E-state index contributed by atoms with van der Waals surface area (Å²) >= 11 is 11.9. The van der Waals surface area contributed by atoms with E-state index in [1.807, 2.05) is 0 Å². The van der Waals surface area contributed by atoms with Crippen molar-refractivity contribution in [3.8, 4) is 11.5 Å². The van der Waals surface area contributed by atoms with Gasteiger partial charge in [-0.25, -0.2) is 0 Å². The standard InChI is InChI=1S/C19H12Cl2O4/c20-14-6-1-10(7-15(14)21)8-17-18(22)13-5-4-12(9-16(13)25-17)24-19(23)11-2-3-11/h1,4-9,11H,2-3H2. The van der Waals surface area contributed by atoms with E-state index in [1.165, 1.54) is 0 Å². The van der Waals surface area contributed by atoms with Crippen molar-refractivity contribution in [2.24, 2.45) is 5.92 Å². The first-order valence-corrected chi connectivity index (χ1v) is 8.52. The monoisotopic (exact) mass is 374 g/mol. The number of halogens is 2. The molecule has 0 aromatic heterocycles. The smallest absolute Gasteiger partial charge is 0.314 e. The van der Waals surface area contributed by atoms with Crippen LogP contribution in [-0.2, 0) is 4.79 Å². The van der Waals surface area contributed by atoms with Gasteiger partial charge in [-0.3, -0.25) is 9.59 Å². The van der Waals surface area contributed by atoms with E-state index >= 15 is 0 Å². The highest BCUT2D eigenvalue weighted by molar-refractivity contribution is 6.42. The minimum Gasteiger partial charge on any atom is -0.452 e. The summed E-state index contributed by atoms with van der Waals surface area (Å²) in [7, 11) is 0. The van der Waals surface area contributed by atoms with E-state index < -0.39 is 0 Å². The Labute approximate surface area is 153 Å². The van der Waals surface area contributed by atoms with Crippen molar-refractivity contribution in [1.29, 1.82) is 0 Å². The summed E-state index contributed by atoms with van der Waals surface area (Å²) < 4.78 is 10.9. The van der Waals surface area contributed by atoms with Gasteiger partial charge in [-0.05, 0) is 48.7 Å². The Bertz CT molecular complexity index is 929. The third kappa shape index (κ3) is 3.28. The zero-order valence-electron chi connectivity index (χ0n) is 12.9. The topological polar surface area (TPSA) is 52.6 Å². The molecule has 1 aliphatic carbocycles. The van der Waals surface area contributed by atoms with Crippen LogP contribution in [0.4, 0.5) is 0 Å². The predicted molar refractivity (Wildman–Crippen MR) is 94.2 cm³/mol. The first kappa shape index (κ1) is 16.2. The van der Waals surface area contributed by atoms with E-state index in [0.717, 1.165) is 12.8 Å². The molecule has 25 heavy (non-hydrogen) atoms. The molecule has 0 N–H and O–H groups in total. The molecule has 0 atom stereocenters. The van der Waals surface area contributed by atoms with E-state index in [4.69, 9.17) is 32.7 Å². The number of allylic oxidation sites excluding steroid dienone is 1. The zero-order chi connectivity index (χ0) is 17.6. The van der Waals surface area contributed by atoms with Gasteiger partial charge in [0.2, 0.25) is 5.78 Å². The molecule has 2 aliphatic rings. The maximum absolute atomic E-state index is 12.4. The van der Waals surface area contributed by atoms with Crippen LogP contribution in [0, 0.1) is 5.92 Å². The highest BCUT2D eigenvalue weighted by Gasteiger charge is 2.32. The number of fused-ring (bicyclic) bond motifs is 1. The molecule has 0 saturated heterocycles. The quantitative estimate of drug-likeness (QED) is 0.434. The Morgan fingerprint density at radius 2 is 1.92 bits per heavy atom. The van der Waals surface area contributed by atoms with Crippen molar-refractivity contribution in [3.05, 3.63) is 63.3 Å². The number of Topliss-reactive ketones (excluding diaryl/α,β-unsaturated/α-hetero) is 1. The fraction of sp³-hybridized carbons (Fsp3) is 0.158. The van der Waals surface area contributed by atoms with Crippen LogP contribution in [0.25, 0.3) is 6.08 Å². The van der Waals surface area contributed by atoms with Gasteiger partial charge in [0.25, 0.3) is 0 Å². The van der Waals surface area contributed by atoms with E-state index in [2.05, 4.69) is 0 Å². The Morgan fingerprint density at radius 3 is 2.64 bits per heavy atom. The van der Waals surface area contributed by atoms with Crippen molar-refractivity contribution in [3.63, 3.8) is 0 Å². The van der Waals surface area contributed by atoms with E-state index in [-0.39, 0.29) is 23.4 Å². The van der Waals surface area contributed by atoms with Gasteiger partial charge in [0.1, 0.15) is 11.5 Å². The van der Waals surface area contributed by atoms with Gasteiger partial charge >= 0.3 is 5.97 Å². The lowest BCUT2D eigenvalue weighted by Gasteiger charge is -2.04. The second-order valence-electron chi connectivity index (χ2n) is 5.97. The number of benzene rings is 2. The fourth-order valence-electron chi connectivity index (χ4n) is 2.50. The average molecular weight is 375 g/mol. The van der Waals surface area contributed by atoms with Crippen molar-refractivity contribution in [2.45, 2.75) is 12.8 Å². The fourth-order valence-corrected chi connectivity index (χ4v) is 2.81. The molecule has 0 unspecified atom stereocenters. The largest absolute Gasteiger partial charge is 0.452 e. The van der Waals surface area contributed by atoms with Gasteiger partial charge in [0.15, 0.2) is 5.76 Å². The lowest BCUT2D eigenvalue weighted by molar-refractivity contribution is -0.135. The molecule has 2 aromatic rings. The maximum atomic E-state index is 12.4. The zero-order valence-corrected chi connectivity index (χ0v) is 14.4. The van der Waals surface area contributed by atoms with E-state index in [0.29, 0.717) is 32.7 Å². The first-order valence-electron chi connectivity index (χ1n) is 7.76. The molecule has 4 rings (SSSR count). The van der Waals surface area contributed by atoms with Crippen molar-refractivity contribution in [1.82, 2.24) is 0 Å². The number of rotatable bonds is 3. The van der Waals surface area contributed by atoms with Crippen LogP contribution in [0.3, 0.4) is 0 Å². The number of ketones is 1. The molecule has 1 saturated carbocycles. The van der Waals surface area contributed by atoms with Gasteiger partial charge in [-0.2, -0.15) is 0 Å². The van der Waals surface area contributed by atoms with E-state index in [9.17, 15) is 9.59 Å². The van der Waals surface area contributed by atoms with Crippen LogP contribution in [0.1, 0.15) is 28.8 Å². The molecule has 0 radical (unpaired) electrons. The molecular formula is C19H12Cl2O4. The van der Waals surface area contributed by atoms with Gasteiger partial charge in [0, 0.05) is 6.07 Å². The first-order chi connectivity index (χ1) is 12.0. The van der Waals surface area contributed by atoms with Gasteiger partial charge < -0.3 is 9.47 Å². The molecule has 4 nitrogen and oxygen atoms in total. The third-order valence-electron chi connectivity index (χ3n) is 4.01. The van der Waals surface area contributed by atoms with Gasteiger partial charge in [-0.15, -0.1) is 0 Å². The number of hydrogen-bond acceptors (Lipinski definition) is 4. The second-order valence-corrected chi connectivity index (χ2v) is 6.78. The summed E-state index contributed by atoms with van der Waals surface area (Å²) in [5, 5.41) is 0.834. The minimum atomic E-state index is -0.240. The van der Waals surface area contributed by atoms with Crippen LogP contribution in [0.2, 0.25) is 10.0 Å². The van der Waals surface area contributed by atoms with Crippen LogP contribution in [0.5, 0.6) is 11.5 Å². The number of carbonyl (C=O) groups excluding carboxylic acids is 2. The Hall–Kier alpha value is -2.30. The number of hydrogen-bond donors (Lipinski definition) is 0. The van der Waals surface area contributed by atoms with Crippen molar-refractivity contribution in [2.75, 3.05) is 0 Å². The van der Waals surface area contributed by atoms with Gasteiger partial charge in [-0.1, -0.05) is 29.3 Å². The SMILES string of the molecule is O=C1C(=Cc2ccc(Cl)c(Cl)c2)Oc2cc(OC(=O)C3CC3)ccc21. The lowest BCUT2D eigenvalue weighted by Crippen LogP contribution is -2.09. The Balaban J connectivity index is 1.58. The summed E-state index contributed by atoms with van der Waals surface area (Å²) in [5.74, 6) is 0.452. The van der Waals surface area contributed by atoms with Crippen LogP contribution in [0.15, 0.2) is 42.2 Å². The highest BCUT2D eigenvalue weighted by Crippen LogP contribution is 2.36. The second kappa shape index (κ2) is 6.21. The summed E-state index contributed by atoms with van der Waals surface area (Å²) in [6, 6.07) is 9.80. The molecule has 0 amide bonds. The lowest BCUT2D eigenvalue weighted by atomic mass is 10.1. The summed E-state index contributed by atoms with van der Waals surface area (Å²) in [6.45, 7) is 0. The van der Waals surface area contributed by atoms with E-state index in [1.54, 1.807) is 42.5 Å². The minimum absolute atomic E-state index is 0.000847. The summed E-state index contributed by atoms with van der Waals surface area (Å²) in [5.41, 5.74) is 1.13. The Morgan fingerprint density at radius 1 is 1.12 bits per heavy atom. The molecule has 1 fully saturated rings. The van der Waals surface area contributed by atoms with Crippen molar-refractivity contribution >= 4 is 41.0 Å².